The monoisotopic (exact) mass is 932 g/mol. The highest BCUT2D eigenvalue weighted by Gasteiger charge is 2.39. The fraction of sp³-hybridized carbons (Fsp3) is 0.261. The van der Waals surface area contributed by atoms with E-state index in [1.807, 2.05) is 78.9 Å². The third-order valence-electron chi connectivity index (χ3n) is 11.4. The molecule has 4 heterocycles. The predicted molar refractivity (Wildman–Crippen MR) is 237 cm³/mol. The molecule has 2 aromatic heterocycles. The fourth-order valence-electron chi connectivity index (χ4n) is 8.22. The van der Waals surface area contributed by atoms with Crippen LogP contribution in [0.5, 0.6) is 0 Å². The Hall–Kier alpha value is -6.49. The van der Waals surface area contributed by atoms with Gasteiger partial charge in [-0.3, -0.25) is 9.59 Å². The van der Waals surface area contributed by atoms with Crippen molar-refractivity contribution in [2.75, 3.05) is 27.3 Å². The average Bonchev–Trinajstić information content (AvgIpc) is 4.15. The van der Waals surface area contributed by atoms with Gasteiger partial charge in [-0.15, -0.1) is 0 Å². The quantitative estimate of drug-likeness (QED) is 0.0940. The lowest BCUT2D eigenvalue weighted by Gasteiger charge is -2.28. The van der Waals surface area contributed by atoms with E-state index in [1.54, 1.807) is 22.2 Å². The van der Waals surface area contributed by atoms with Gasteiger partial charge >= 0.3 is 12.2 Å². The summed E-state index contributed by atoms with van der Waals surface area (Å²) < 4.78 is 10.6. The summed E-state index contributed by atoms with van der Waals surface area (Å²) in [6.45, 7) is 1.10. The van der Waals surface area contributed by atoms with Crippen LogP contribution in [0.25, 0.3) is 33.6 Å². The lowest BCUT2D eigenvalue weighted by atomic mass is 10.0. The number of halogens is 1. The van der Waals surface area contributed by atoms with Crippen LogP contribution in [0.2, 0.25) is 0 Å². The van der Waals surface area contributed by atoms with E-state index in [0.717, 1.165) is 62.9 Å². The molecule has 61 heavy (non-hydrogen) atoms. The molecule has 0 spiro atoms. The molecule has 4 aromatic carbocycles. The Morgan fingerprint density at radius 1 is 0.623 bits per heavy atom. The Morgan fingerprint density at radius 3 is 1.56 bits per heavy atom. The summed E-state index contributed by atoms with van der Waals surface area (Å²) in [6.07, 6.45) is 5.36. The number of benzene rings is 4. The highest BCUT2D eigenvalue weighted by Crippen LogP contribution is 2.37. The molecule has 312 valence electrons. The minimum absolute atomic E-state index is 0.214. The number of hydrogen-bond acceptors (Lipinski definition) is 8. The van der Waals surface area contributed by atoms with Gasteiger partial charge in [0.05, 0.1) is 50.1 Å². The van der Waals surface area contributed by atoms with Gasteiger partial charge in [0.25, 0.3) is 11.8 Å². The standard InChI is InChI=1S/C46H45IN8O6/c1-60-45(58)52-39(32-10-4-3-5-11-32)43(56)54-24-8-14-37(54)41-48-26-35(50-41)30-20-16-28(17-21-30)29-18-22-31(23-19-29)36-27-49-42(51-36)38-15-9-25-55(38)44(57)40(53-46(59)61-2)33-12-6-7-13-34(33)47/h3-7,10-13,16-23,26-27,37-40H,8-9,14-15,24-25H2,1-2H3,(H,48,50)(H,49,51)(H,52,58)(H,53,59)/t37-,38-,39+,40+/m0/s1. The van der Waals surface area contributed by atoms with Crippen molar-refractivity contribution in [2.24, 2.45) is 0 Å². The normalized spacial score (nSPS) is 17.1. The van der Waals surface area contributed by atoms with Crippen LogP contribution in [0.1, 0.15) is 72.6 Å². The van der Waals surface area contributed by atoms with Crippen LogP contribution in [-0.2, 0) is 19.1 Å². The van der Waals surface area contributed by atoms with Gasteiger partial charge in [-0.2, -0.15) is 0 Å². The first kappa shape index (κ1) is 41.3. The van der Waals surface area contributed by atoms with E-state index in [1.165, 1.54) is 14.2 Å². The molecule has 6 aromatic rings. The summed E-state index contributed by atoms with van der Waals surface area (Å²) in [5.74, 6) is 0.961. The molecule has 2 aliphatic rings. The van der Waals surface area contributed by atoms with Crippen molar-refractivity contribution in [3.63, 3.8) is 0 Å². The maximum absolute atomic E-state index is 14.0. The molecule has 4 atom stereocenters. The van der Waals surface area contributed by atoms with Crippen LogP contribution in [0.4, 0.5) is 9.59 Å². The third-order valence-corrected chi connectivity index (χ3v) is 12.3. The molecule has 15 heteroatoms. The zero-order chi connectivity index (χ0) is 42.5. The van der Waals surface area contributed by atoms with E-state index in [0.29, 0.717) is 35.9 Å². The number of aromatic amines is 2. The van der Waals surface area contributed by atoms with Gasteiger partial charge < -0.3 is 39.9 Å². The molecule has 0 bridgehead atoms. The molecule has 14 nitrogen and oxygen atoms in total. The topological polar surface area (TPSA) is 175 Å². The number of ether oxygens (including phenoxy) is 2. The number of rotatable bonds is 11. The second-order valence-corrected chi connectivity index (χ2v) is 16.1. The van der Waals surface area contributed by atoms with Crippen LogP contribution in [0.15, 0.2) is 116 Å². The van der Waals surface area contributed by atoms with Crippen LogP contribution in [0.3, 0.4) is 0 Å². The van der Waals surface area contributed by atoms with Crippen molar-refractivity contribution in [1.29, 1.82) is 0 Å². The Labute approximate surface area is 366 Å². The molecule has 0 saturated carbocycles. The molecule has 8 rings (SSSR count). The summed E-state index contributed by atoms with van der Waals surface area (Å²) in [6, 6.07) is 30.8. The van der Waals surface area contributed by atoms with Gasteiger partial charge in [-0.05, 0) is 87.7 Å². The van der Waals surface area contributed by atoms with Crippen LogP contribution in [-0.4, -0.2) is 81.0 Å². The summed E-state index contributed by atoms with van der Waals surface area (Å²) in [5.41, 5.74) is 7.07. The first-order valence-corrected chi connectivity index (χ1v) is 21.2. The summed E-state index contributed by atoms with van der Waals surface area (Å²) >= 11 is 2.18. The number of nitrogens with one attached hydrogen (secondary N) is 4. The minimum Gasteiger partial charge on any atom is -0.453 e. The Balaban J connectivity index is 0.932. The van der Waals surface area contributed by atoms with Crippen molar-refractivity contribution < 1.29 is 28.7 Å². The van der Waals surface area contributed by atoms with E-state index in [9.17, 15) is 19.2 Å². The number of alkyl carbamates (subject to hydrolysis) is 2. The molecule has 4 N–H and O–H groups in total. The second kappa shape index (κ2) is 18.4. The van der Waals surface area contributed by atoms with Crippen LogP contribution < -0.4 is 10.6 Å². The number of methoxy groups -OCH3 is 2. The van der Waals surface area contributed by atoms with Gasteiger partial charge in [-0.25, -0.2) is 19.6 Å². The predicted octanol–water partition coefficient (Wildman–Crippen LogP) is 8.26. The van der Waals surface area contributed by atoms with Crippen molar-refractivity contribution in [3.05, 3.63) is 142 Å². The van der Waals surface area contributed by atoms with Crippen LogP contribution >= 0.6 is 22.6 Å². The van der Waals surface area contributed by atoms with Crippen LogP contribution in [0, 0.1) is 3.57 Å². The average molecular weight is 933 g/mol. The number of carbonyl (C=O) groups excluding carboxylic acids is 4. The van der Waals surface area contributed by atoms with E-state index < -0.39 is 24.3 Å². The van der Waals surface area contributed by atoms with Gasteiger partial charge in [0.15, 0.2) is 0 Å². The molecule has 2 saturated heterocycles. The molecule has 0 radical (unpaired) electrons. The molecule has 4 amide bonds. The van der Waals surface area contributed by atoms with Crippen molar-refractivity contribution in [3.8, 4) is 33.6 Å². The number of hydrogen-bond donors (Lipinski definition) is 4. The summed E-state index contributed by atoms with van der Waals surface area (Å²) in [7, 11) is 2.56. The van der Waals surface area contributed by atoms with Crippen molar-refractivity contribution >= 4 is 46.6 Å². The second-order valence-electron chi connectivity index (χ2n) is 15.0. The Bertz CT molecular complexity index is 2510. The highest BCUT2D eigenvalue weighted by atomic mass is 127. The lowest BCUT2D eigenvalue weighted by molar-refractivity contribution is -0.135. The zero-order valence-electron chi connectivity index (χ0n) is 33.6. The molecular formula is C46H45IN8O6. The number of likely N-dealkylation sites (tertiary alicyclic amines) is 2. The molecule has 2 aliphatic heterocycles. The maximum Gasteiger partial charge on any atom is 0.407 e. The first-order valence-electron chi connectivity index (χ1n) is 20.1. The molecule has 0 unspecified atom stereocenters. The first-order chi connectivity index (χ1) is 29.7. The Kier molecular flexibility index (Phi) is 12.5. The minimum atomic E-state index is -0.896. The summed E-state index contributed by atoms with van der Waals surface area (Å²) in [4.78, 5) is 72.4. The number of H-pyrrole nitrogens is 2. The SMILES string of the molecule is COC(=O)N[C@@H](C(=O)N1CCC[C@H]1c1ncc(-c2ccc(-c3ccc(-c4cnc([C@@H]5CCCN5C(=O)[C@H](NC(=O)OC)c5ccccc5I)[nH]4)cc3)cc2)[nH]1)c1ccccc1. The van der Waals surface area contributed by atoms with Gasteiger partial charge in [-0.1, -0.05) is 97.1 Å². The number of aromatic nitrogens is 4. The van der Waals surface area contributed by atoms with E-state index in [4.69, 9.17) is 19.4 Å². The Morgan fingerprint density at radius 2 is 1.07 bits per heavy atom. The number of imidazole rings is 2. The number of nitrogens with zero attached hydrogens (tertiary/aromatic N) is 4. The van der Waals surface area contributed by atoms with E-state index in [-0.39, 0.29) is 23.9 Å². The lowest BCUT2D eigenvalue weighted by Crippen LogP contribution is -2.43. The van der Waals surface area contributed by atoms with E-state index in [2.05, 4.69) is 67.5 Å². The fourth-order valence-corrected chi connectivity index (χ4v) is 8.92. The molecular weight excluding hydrogens is 887 g/mol. The largest absolute Gasteiger partial charge is 0.453 e. The summed E-state index contributed by atoms with van der Waals surface area (Å²) in [5, 5.41) is 5.46. The maximum atomic E-state index is 14.0. The number of amides is 4. The molecule has 0 aliphatic carbocycles. The highest BCUT2D eigenvalue weighted by molar-refractivity contribution is 14.1. The smallest absolute Gasteiger partial charge is 0.407 e. The zero-order valence-corrected chi connectivity index (χ0v) is 35.8. The van der Waals surface area contributed by atoms with Crippen molar-refractivity contribution in [2.45, 2.75) is 49.9 Å². The van der Waals surface area contributed by atoms with E-state index >= 15 is 0 Å². The van der Waals surface area contributed by atoms with Crippen molar-refractivity contribution in [1.82, 2.24) is 40.4 Å². The van der Waals surface area contributed by atoms with Gasteiger partial charge in [0.2, 0.25) is 0 Å². The molecule has 2 fully saturated rings. The number of carbonyl (C=O) groups is 4. The third kappa shape index (κ3) is 8.87. The van der Waals surface area contributed by atoms with Gasteiger partial charge in [0.1, 0.15) is 23.7 Å². The van der Waals surface area contributed by atoms with Gasteiger partial charge in [0, 0.05) is 16.7 Å².